The smallest absolute Gasteiger partial charge is 0.790 e. The number of anilines is 2. The van der Waals surface area contributed by atoms with Crippen LogP contribution in [0.4, 0.5) is 20.7 Å². The fraction of sp³-hybridized carbons (Fsp3) is 0.194. The normalized spacial score (nSPS) is 12.2. The van der Waals surface area contributed by atoms with Crippen molar-refractivity contribution in [2.75, 3.05) is 30.7 Å². The summed E-state index contributed by atoms with van der Waals surface area (Å²) >= 11 is 6.46. The van der Waals surface area contributed by atoms with Gasteiger partial charge in [-0.25, -0.2) is 27.6 Å². The van der Waals surface area contributed by atoms with Gasteiger partial charge < -0.3 is 38.1 Å². The van der Waals surface area contributed by atoms with Crippen molar-refractivity contribution in [3.8, 4) is 17.1 Å². The SMILES string of the molecule is [2H]C([2H])(c1ccc(-c2ccc3ncnc(Nc4ccc(OCc5cccc(F)c5)c(Cl)c4)c3c2)o1)N(CCS(C)(=O)=O)C(=O)OCOP(=O)([O-])[O-].[Na+].[Na+]. The minimum absolute atomic E-state index is 0. The third-order valence-corrected chi connectivity index (χ3v) is 8.19. The second-order valence-electron chi connectivity index (χ2n) is 10.3. The molecule has 0 bridgehead atoms. The van der Waals surface area contributed by atoms with E-state index in [4.69, 9.17) is 23.5 Å². The van der Waals surface area contributed by atoms with Gasteiger partial charge in [-0.05, 0) is 66.2 Å². The van der Waals surface area contributed by atoms with Crippen LogP contribution < -0.4 is 79.0 Å². The first kappa shape index (κ1) is 39.6. The van der Waals surface area contributed by atoms with E-state index in [0.29, 0.717) is 44.2 Å². The number of aromatic nitrogens is 2. The fourth-order valence-corrected chi connectivity index (χ4v) is 5.22. The fourth-order valence-electron chi connectivity index (χ4n) is 4.29. The van der Waals surface area contributed by atoms with Crippen molar-refractivity contribution in [1.82, 2.24) is 14.9 Å². The van der Waals surface area contributed by atoms with Gasteiger partial charge in [0.25, 0.3) is 0 Å². The van der Waals surface area contributed by atoms with Gasteiger partial charge in [0.1, 0.15) is 51.7 Å². The van der Waals surface area contributed by atoms with Crippen LogP contribution in [0.1, 0.15) is 14.1 Å². The quantitative estimate of drug-likeness (QED) is 0.0803. The third kappa shape index (κ3) is 13.1. The molecule has 0 saturated carbocycles. The summed E-state index contributed by atoms with van der Waals surface area (Å²) < 4.78 is 85.1. The number of amides is 1. The summed E-state index contributed by atoms with van der Waals surface area (Å²) in [5.74, 6) is -0.596. The van der Waals surface area contributed by atoms with Crippen LogP contribution in [-0.4, -0.2) is 54.7 Å². The number of phosphoric acid groups is 1. The van der Waals surface area contributed by atoms with Gasteiger partial charge >= 0.3 is 65.2 Å². The Morgan fingerprint density at radius 2 is 1.88 bits per heavy atom. The molecule has 5 rings (SSSR count). The number of hydrogen-bond acceptors (Lipinski definition) is 13. The van der Waals surface area contributed by atoms with Crippen molar-refractivity contribution in [2.45, 2.75) is 13.1 Å². The van der Waals surface area contributed by atoms with E-state index in [1.54, 1.807) is 48.5 Å². The molecule has 0 aliphatic heterocycles. The van der Waals surface area contributed by atoms with Crippen LogP contribution in [0.15, 0.2) is 83.5 Å². The maximum absolute atomic E-state index is 13.5. The van der Waals surface area contributed by atoms with Crippen molar-refractivity contribution < 1.29 is 112 Å². The number of carbonyl (C=O) groups is 1. The molecular formula is C31H27ClFN4Na2O10PS. The molecule has 2 aromatic heterocycles. The first-order valence-electron chi connectivity index (χ1n) is 15.1. The number of benzene rings is 3. The molecule has 0 spiro atoms. The van der Waals surface area contributed by atoms with E-state index in [1.807, 2.05) is 0 Å². The zero-order valence-corrected chi connectivity index (χ0v) is 33.8. The van der Waals surface area contributed by atoms with Crippen LogP contribution in [-0.2, 0) is 36.8 Å². The standard InChI is InChI=1S/C31H29ClFN4O10PS.2Na/c1-49(42,43)12-11-37(31(38)45-19-46-48(39,40)41)16-24-7-10-28(47-24)21-5-8-27-25(14-21)30(35-18-34-27)36-23-6-9-29(26(32)15-23)44-17-20-3-2-4-22(33)13-20;;/h2-10,13-15,18H,11-12,16-17,19H2,1H3,(H,34,35,36)(H2,39,40,41);;/q;2*+1/p-2/i16D2;;. The minimum atomic E-state index is -5.52. The minimum Gasteiger partial charge on any atom is -0.790 e. The summed E-state index contributed by atoms with van der Waals surface area (Å²) in [4.78, 5) is 43.2. The summed E-state index contributed by atoms with van der Waals surface area (Å²) in [6.45, 7) is -4.79. The van der Waals surface area contributed by atoms with Crippen LogP contribution in [0.25, 0.3) is 22.2 Å². The molecule has 1 amide bonds. The molecule has 0 radical (unpaired) electrons. The average Bonchev–Trinajstić information content (AvgIpc) is 3.55. The second-order valence-corrected chi connectivity index (χ2v) is 14.1. The van der Waals surface area contributed by atoms with Gasteiger partial charge in [0, 0.05) is 29.4 Å². The van der Waals surface area contributed by atoms with E-state index in [1.165, 1.54) is 30.6 Å². The Hall–Kier alpha value is -2.57. The van der Waals surface area contributed by atoms with E-state index in [2.05, 4.69) is 24.5 Å². The molecule has 3 aromatic carbocycles. The van der Waals surface area contributed by atoms with Crippen LogP contribution in [0.5, 0.6) is 5.75 Å². The molecule has 51 heavy (non-hydrogen) atoms. The summed E-state index contributed by atoms with van der Waals surface area (Å²) in [5.41, 5.74) is 2.17. The number of sulfone groups is 1. The molecule has 258 valence electrons. The Labute approximate surface area is 344 Å². The van der Waals surface area contributed by atoms with E-state index in [-0.39, 0.29) is 82.3 Å². The van der Waals surface area contributed by atoms with Crippen molar-refractivity contribution in [3.63, 3.8) is 0 Å². The number of phosphoric ester groups is 1. The Morgan fingerprint density at radius 3 is 2.59 bits per heavy atom. The summed E-state index contributed by atoms with van der Waals surface area (Å²) in [6, 6.07) is 18.6. The van der Waals surface area contributed by atoms with E-state index in [0.717, 1.165) is 6.26 Å². The summed E-state index contributed by atoms with van der Waals surface area (Å²) in [6.07, 6.45) is 0.706. The van der Waals surface area contributed by atoms with Gasteiger partial charge in [-0.2, -0.15) is 0 Å². The summed E-state index contributed by atoms with van der Waals surface area (Å²) in [7, 11) is -9.23. The van der Waals surface area contributed by atoms with Gasteiger partial charge in [0.15, 0.2) is 6.79 Å². The average molecular weight is 781 g/mol. The molecule has 2 heterocycles. The maximum Gasteiger partial charge on any atom is 1.00 e. The number of nitrogens with one attached hydrogen (secondary N) is 1. The van der Waals surface area contributed by atoms with Crippen LogP contribution in [0.2, 0.25) is 5.02 Å². The van der Waals surface area contributed by atoms with Crippen molar-refractivity contribution in [2.24, 2.45) is 0 Å². The van der Waals surface area contributed by atoms with Crippen molar-refractivity contribution in [1.29, 1.82) is 0 Å². The number of carbonyl (C=O) groups excluding carboxylic acids is 1. The number of ether oxygens (including phenoxy) is 2. The second kappa shape index (κ2) is 19.0. The van der Waals surface area contributed by atoms with Gasteiger partial charge in [-0.3, -0.25) is 4.90 Å². The Balaban J connectivity index is 0.00000378. The molecule has 5 aromatic rings. The zero-order valence-electron chi connectivity index (χ0n) is 29.4. The molecule has 0 unspecified atom stereocenters. The predicted molar refractivity (Wildman–Crippen MR) is 173 cm³/mol. The number of nitrogens with zero attached hydrogens (tertiary/aromatic N) is 3. The molecule has 20 heteroatoms. The Kier molecular flexibility index (Phi) is 14.7. The molecule has 0 atom stereocenters. The molecule has 0 aliphatic rings. The van der Waals surface area contributed by atoms with Crippen molar-refractivity contribution in [3.05, 3.63) is 101 Å². The van der Waals surface area contributed by atoms with Crippen LogP contribution >= 0.6 is 19.4 Å². The molecule has 0 saturated heterocycles. The van der Waals surface area contributed by atoms with Gasteiger partial charge in [0.2, 0.25) is 0 Å². The van der Waals surface area contributed by atoms with Gasteiger partial charge in [-0.15, -0.1) is 0 Å². The van der Waals surface area contributed by atoms with Crippen LogP contribution in [0.3, 0.4) is 0 Å². The van der Waals surface area contributed by atoms with Gasteiger partial charge in [0.05, 0.1) is 33.4 Å². The van der Waals surface area contributed by atoms with Crippen molar-refractivity contribution >= 4 is 57.8 Å². The maximum atomic E-state index is 13.5. The number of halogens is 2. The molecule has 0 fully saturated rings. The molecule has 14 nitrogen and oxygen atoms in total. The topological polar surface area (TPSA) is 196 Å². The van der Waals surface area contributed by atoms with Gasteiger partial charge in [-0.1, -0.05) is 23.7 Å². The monoisotopic (exact) mass is 780 g/mol. The number of furan rings is 1. The number of hydrogen-bond donors (Lipinski definition) is 1. The largest absolute Gasteiger partial charge is 1.00 e. The van der Waals surface area contributed by atoms with E-state index < -0.39 is 55.1 Å². The first-order valence-corrected chi connectivity index (χ1v) is 18.0. The van der Waals surface area contributed by atoms with E-state index in [9.17, 15) is 32.0 Å². The first-order chi connectivity index (χ1) is 24.0. The summed E-state index contributed by atoms with van der Waals surface area (Å²) in [5, 5.41) is 3.99. The zero-order chi connectivity index (χ0) is 37.0. The molecule has 0 aliphatic carbocycles. The molecule has 1 N–H and O–H groups in total. The van der Waals surface area contributed by atoms with Crippen LogP contribution in [0, 0.1) is 5.82 Å². The third-order valence-electron chi connectivity index (χ3n) is 6.55. The predicted octanol–water partition coefficient (Wildman–Crippen LogP) is -1.20. The van der Waals surface area contributed by atoms with E-state index >= 15 is 0 Å². The molecular weight excluding hydrogens is 752 g/mol. The number of rotatable bonds is 14. The Morgan fingerprint density at radius 1 is 1.10 bits per heavy atom. The number of fused-ring (bicyclic) bond motifs is 1. The Bertz CT molecular complexity index is 2240.